The Morgan fingerprint density at radius 1 is 1.60 bits per heavy atom. The van der Waals surface area contributed by atoms with E-state index in [4.69, 9.17) is 10.2 Å². The average molecular weight is 210 g/mol. The van der Waals surface area contributed by atoms with Crippen molar-refractivity contribution in [3.05, 3.63) is 24.2 Å². The monoisotopic (exact) mass is 210 g/mol. The minimum absolute atomic E-state index is 0.208. The quantitative estimate of drug-likeness (QED) is 0.771. The molecular formula is C11H18N2O2. The molecule has 0 aliphatic carbocycles. The van der Waals surface area contributed by atoms with Gasteiger partial charge in [-0.15, -0.1) is 0 Å². The lowest BCUT2D eigenvalue weighted by Gasteiger charge is -2.26. The highest BCUT2D eigenvalue weighted by Crippen LogP contribution is 2.10. The zero-order valence-corrected chi connectivity index (χ0v) is 9.27. The van der Waals surface area contributed by atoms with E-state index < -0.39 is 0 Å². The summed E-state index contributed by atoms with van der Waals surface area (Å²) in [6.45, 7) is 5.38. The molecule has 4 nitrogen and oxygen atoms in total. The van der Waals surface area contributed by atoms with Crippen molar-refractivity contribution in [3.63, 3.8) is 0 Å². The van der Waals surface area contributed by atoms with Gasteiger partial charge < -0.3 is 10.2 Å². The van der Waals surface area contributed by atoms with E-state index >= 15 is 0 Å². The van der Waals surface area contributed by atoms with Crippen molar-refractivity contribution >= 4 is 5.91 Å². The number of rotatable bonds is 6. The van der Waals surface area contributed by atoms with Crippen LogP contribution in [0.25, 0.3) is 0 Å². The van der Waals surface area contributed by atoms with Crippen LogP contribution in [0.4, 0.5) is 0 Å². The molecule has 2 N–H and O–H groups in total. The summed E-state index contributed by atoms with van der Waals surface area (Å²) in [5.41, 5.74) is 5.34. The van der Waals surface area contributed by atoms with Crippen molar-refractivity contribution in [2.75, 3.05) is 6.54 Å². The lowest BCUT2D eigenvalue weighted by Crippen LogP contribution is -2.43. The second-order valence-corrected chi connectivity index (χ2v) is 3.47. The van der Waals surface area contributed by atoms with Crippen LogP contribution in [0.5, 0.6) is 0 Å². The van der Waals surface area contributed by atoms with E-state index in [0.29, 0.717) is 6.54 Å². The number of amides is 1. The smallest absolute Gasteiger partial charge is 0.234 e. The van der Waals surface area contributed by atoms with Crippen LogP contribution in [0.2, 0.25) is 0 Å². The van der Waals surface area contributed by atoms with Crippen molar-refractivity contribution in [2.24, 2.45) is 5.73 Å². The van der Waals surface area contributed by atoms with Gasteiger partial charge in [0.25, 0.3) is 0 Å². The number of likely N-dealkylation sites (N-methyl/N-ethyl adjacent to an activating group) is 1. The maximum atomic E-state index is 11.2. The first-order valence-corrected chi connectivity index (χ1v) is 5.24. The Labute approximate surface area is 90.0 Å². The van der Waals surface area contributed by atoms with Crippen LogP contribution in [-0.4, -0.2) is 23.4 Å². The number of primary amides is 1. The van der Waals surface area contributed by atoms with E-state index in [1.54, 1.807) is 6.26 Å². The molecule has 0 saturated heterocycles. The molecule has 1 aromatic rings. The largest absolute Gasteiger partial charge is 0.468 e. The summed E-state index contributed by atoms with van der Waals surface area (Å²) in [7, 11) is 0. The minimum Gasteiger partial charge on any atom is -0.468 e. The number of nitrogens with zero attached hydrogens (tertiary/aromatic N) is 1. The van der Waals surface area contributed by atoms with Crippen LogP contribution in [0.15, 0.2) is 22.8 Å². The number of hydrogen-bond acceptors (Lipinski definition) is 3. The van der Waals surface area contributed by atoms with Crippen molar-refractivity contribution < 1.29 is 9.21 Å². The fourth-order valence-corrected chi connectivity index (χ4v) is 1.68. The van der Waals surface area contributed by atoms with Gasteiger partial charge in [-0.25, -0.2) is 0 Å². The van der Waals surface area contributed by atoms with Gasteiger partial charge in [0.1, 0.15) is 5.76 Å². The molecule has 0 radical (unpaired) electrons. The Balaban J connectivity index is 2.65. The Bertz CT molecular complexity index is 296. The topological polar surface area (TPSA) is 59.5 Å². The summed E-state index contributed by atoms with van der Waals surface area (Å²) in [5.74, 6) is 0.586. The molecule has 15 heavy (non-hydrogen) atoms. The Morgan fingerprint density at radius 3 is 2.73 bits per heavy atom. The Hall–Kier alpha value is -1.29. The van der Waals surface area contributed by atoms with Crippen molar-refractivity contribution in [1.82, 2.24) is 4.90 Å². The molecule has 0 fully saturated rings. The van der Waals surface area contributed by atoms with Gasteiger partial charge in [-0.2, -0.15) is 0 Å². The van der Waals surface area contributed by atoms with Gasteiger partial charge in [0, 0.05) is 0 Å². The molecule has 1 rings (SSSR count). The van der Waals surface area contributed by atoms with Crippen LogP contribution in [0, 0.1) is 0 Å². The van der Waals surface area contributed by atoms with Gasteiger partial charge in [-0.05, 0) is 25.1 Å². The first-order chi connectivity index (χ1) is 7.19. The molecule has 0 aliphatic heterocycles. The summed E-state index contributed by atoms with van der Waals surface area (Å²) >= 11 is 0. The van der Waals surface area contributed by atoms with Crippen LogP contribution in [0.1, 0.15) is 26.0 Å². The van der Waals surface area contributed by atoms with E-state index in [-0.39, 0.29) is 11.9 Å². The Kier molecular flexibility index (Phi) is 4.37. The zero-order chi connectivity index (χ0) is 11.3. The molecular weight excluding hydrogens is 192 g/mol. The molecule has 1 heterocycles. The molecule has 0 saturated carbocycles. The summed E-state index contributed by atoms with van der Waals surface area (Å²) in [6, 6.07) is 3.53. The van der Waals surface area contributed by atoms with Gasteiger partial charge >= 0.3 is 0 Å². The van der Waals surface area contributed by atoms with Gasteiger partial charge in [0.15, 0.2) is 0 Å². The molecule has 84 valence electrons. The summed E-state index contributed by atoms with van der Waals surface area (Å²) < 4.78 is 5.25. The lowest BCUT2D eigenvalue weighted by molar-refractivity contribution is -0.123. The van der Waals surface area contributed by atoms with Crippen LogP contribution in [0.3, 0.4) is 0 Å². The van der Waals surface area contributed by atoms with Gasteiger partial charge in [-0.1, -0.05) is 13.8 Å². The highest BCUT2D eigenvalue weighted by molar-refractivity contribution is 5.79. The average Bonchev–Trinajstić information content (AvgIpc) is 2.69. The third-order valence-electron chi connectivity index (χ3n) is 2.50. The van der Waals surface area contributed by atoms with Gasteiger partial charge in [0.05, 0.1) is 18.8 Å². The molecule has 0 aromatic carbocycles. The lowest BCUT2D eigenvalue weighted by atomic mass is 10.1. The number of hydrogen-bond donors (Lipinski definition) is 1. The molecule has 4 heteroatoms. The van der Waals surface area contributed by atoms with Gasteiger partial charge in [0.2, 0.25) is 5.91 Å². The maximum absolute atomic E-state index is 11.2. The molecule has 0 aliphatic rings. The molecule has 0 spiro atoms. The predicted molar refractivity (Wildman–Crippen MR) is 58.1 cm³/mol. The fraction of sp³-hybridized carbons (Fsp3) is 0.545. The van der Waals surface area contributed by atoms with Crippen molar-refractivity contribution in [2.45, 2.75) is 32.9 Å². The number of furan rings is 1. The molecule has 1 unspecified atom stereocenters. The zero-order valence-electron chi connectivity index (χ0n) is 9.27. The highest BCUT2D eigenvalue weighted by Gasteiger charge is 2.21. The second kappa shape index (κ2) is 5.56. The maximum Gasteiger partial charge on any atom is 0.234 e. The second-order valence-electron chi connectivity index (χ2n) is 3.47. The van der Waals surface area contributed by atoms with E-state index in [0.717, 1.165) is 18.7 Å². The van der Waals surface area contributed by atoms with Crippen LogP contribution >= 0.6 is 0 Å². The highest BCUT2D eigenvalue weighted by atomic mass is 16.3. The molecule has 1 atom stereocenters. The number of nitrogens with two attached hydrogens (primary N) is 1. The van der Waals surface area contributed by atoms with Crippen molar-refractivity contribution in [1.29, 1.82) is 0 Å². The first-order valence-electron chi connectivity index (χ1n) is 5.24. The molecule has 0 bridgehead atoms. The Morgan fingerprint density at radius 2 is 2.33 bits per heavy atom. The molecule has 1 amide bonds. The third-order valence-corrected chi connectivity index (χ3v) is 2.50. The molecule has 1 aromatic heterocycles. The van der Waals surface area contributed by atoms with E-state index in [2.05, 4.69) is 0 Å². The van der Waals surface area contributed by atoms with E-state index in [9.17, 15) is 4.79 Å². The standard InChI is InChI=1S/C11H18N2O2/c1-3-10(11(12)14)13(4-2)8-9-6-5-7-15-9/h5-7,10H,3-4,8H2,1-2H3,(H2,12,14). The number of carbonyl (C=O) groups is 1. The summed E-state index contributed by atoms with van der Waals surface area (Å²) in [6.07, 6.45) is 2.36. The van der Waals surface area contributed by atoms with Crippen LogP contribution in [-0.2, 0) is 11.3 Å². The minimum atomic E-state index is -0.272. The van der Waals surface area contributed by atoms with Gasteiger partial charge in [-0.3, -0.25) is 9.69 Å². The van der Waals surface area contributed by atoms with Crippen LogP contribution < -0.4 is 5.73 Å². The SMILES string of the molecule is CCC(C(N)=O)N(CC)Cc1ccco1. The van der Waals surface area contributed by atoms with E-state index in [1.807, 2.05) is 30.9 Å². The third kappa shape index (κ3) is 3.09. The normalized spacial score (nSPS) is 13.0. The van der Waals surface area contributed by atoms with Crippen molar-refractivity contribution in [3.8, 4) is 0 Å². The summed E-state index contributed by atoms with van der Waals surface area (Å²) in [4.78, 5) is 13.2. The fourth-order valence-electron chi connectivity index (χ4n) is 1.68. The number of carbonyl (C=O) groups excluding carboxylic acids is 1. The first kappa shape index (κ1) is 11.8. The predicted octanol–water partition coefficient (Wildman–Crippen LogP) is 1.37. The van der Waals surface area contributed by atoms with E-state index in [1.165, 1.54) is 0 Å². The summed E-state index contributed by atoms with van der Waals surface area (Å²) in [5, 5.41) is 0.